The highest BCUT2D eigenvalue weighted by Gasteiger charge is 1.96. The van der Waals surface area contributed by atoms with Gasteiger partial charge in [0.05, 0.1) is 5.71 Å². The molecule has 2 nitrogen and oxygen atoms in total. The van der Waals surface area contributed by atoms with Gasteiger partial charge in [-0.25, -0.2) is 0 Å². The smallest absolute Gasteiger partial charge is 0.158 e. The first kappa shape index (κ1) is 9.52. The van der Waals surface area contributed by atoms with E-state index in [-0.39, 0.29) is 0 Å². The van der Waals surface area contributed by atoms with Gasteiger partial charge < -0.3 is 4.84 Å². The predicted molar refractivity (Wildman–Crippen MR) is 55.3 cm³/mol. The zero-order valence-electron chi connectivity index (χ0n) is 7.95. The van der Waals surface area contributed by atoms with Gasteiger partial charge in [0, 0.05) is 5.56 Å². The van der Waals surface area contributed by atoms with Gasteiger partial charge in [-0.15, -0.1) is 0 Å². The molecule has 0 fully saturated rings. The van der Waals surface area contributed by atoms with Gasteiger partial charge in [-0.05, 0) is 13.8 Å². The Hall–Kier alpha value is -1.57. The van der Waals surface area contributed by atoms with E-state index in [1.807, 2.05) is 44.2 Å². The maximum atomic E-state index is 5.08. The number of oxime groups is 1. The lowest BCUT2D eigenvalue weighted by Crippen LogP contribution is -1.87. The molecule has 0 atom stereocenters. The van der Waals surface area contributed by atoms with Crippen LogP contribution in [0.15, 0.2) is 42.1 Å². The number of hydrogen-bond acceptors (Lipinski definition) is 2. The van der Waals surface area contributed by atoms with E-state index in [2.05, 4.69) is 11.7 Å². The fraction of sp³-hybridized carbons (Fsp3) is 0.182. The fourth-order valence-electron chi connectivity index (χ4n) is 0.823. The van der Waals surface area contributed by atoms with E-state index in [0.717, 1.165) is 11.3 Å². The summed E-state index contributed by atoms with van der Waals surface area (Å²) in [5.74, 6) is 0.571. The molecule has 0 aliphatic rings. The Labute approximate surface area is 78.5 Å². The van der Waals surface area contributed by atoms with Crippen LogP contribution in [0, 0.1) is 0 Å². The van der Waals surface area contributed by atoms with Gasteiger partial charge >= 0.3 is 0 Å². The molecule has 0 heterocycles. The molecular formula is C11H13NO. The molecule has 0 saturated heterocycles. The molecule has 13 heavy (non-hydrogen) atoms. The Kier molecular flexibility index (Phi) is 3.26. The fourth-order valence-corrected chi connectivity index (χ4v) is 0.823. The van der Waals surface area contributed by atoms with Crippen LogP contribution in [0.25, 0.3) is 5.76 Å². The van der Waals surface area contributed by atoms with Crippen LogP contribution < -0.4 is 0 Å². The van der Waals surface area contributed by atoms with Crippen molar-refractivity contribution in [3.63, 3.8) is 0 Å². The monoisotopic (exact) mass is 175 g/mol. The van der Waals surface area contributed by atoms with Crippen molar-refractivity contribution in [1.29, 1.82) is 0 Å². The molecule has 0 aromatic heterocycles. The van der Waals surface area contributed by atoms with Crippen LogP contribution in [-0.4, -0.2) is 5.71 Å². The highest BCUT2D eigenvalue weighted by Crippen LogP contribution is 2.12. The molecule has 68 valence electrons. The molecule has 2 heteroatoms. The second kappa shape index (κ2) is 4.45. The van der Waals surface area contributed by atoms with Crippen LogP contribution in [0.3, 0.4) is 0 Å². The molecule has 1 rings (SSSR count). The van der Waals surface area contributed by atoms with E-state index in [0.29, 0.717) is 5.76 Å². The molecule has 0 aliphatic heterocycles. The highest BCUT2D eigenvalue weighted by atomic mass is 16.6. The first-order chi connectivity index (χ1) is 6.20. The van der Waals surface area contributed by atoms with Crippen LogP contribution >= 0.6 is 0 Å². The SMILES string of the molecule is C=C(ON=C(C)C)c1ccccc1. The first-order valence-corrected chi connectivity index (χ1v) is 4.12. The number of rotatable bonds is 3. The van der Waals surface area contributed by atoms with Crippen molar-refractivity contribution in [2.45, 2.75) is 13.8 Å². The topological polar surface area (TPSA) is 21.6 Å². The molecule has 0 aliphatic carbocycles. The summed E-state index contributed by atoms with van der Waals surface area (Å²) in [7, 11) is 0. The average molecular weight is 175 g/mol. The van der Waals surface area contributed by atoms with Crippen molar-refractivity contribution in [3.05, 3.63) is 42.5 Å². The summed E-state index contributed by atoms with van der Waals surface area (Å²) in [5, 5.41) is 3.82. The van der Waals surface area contributed by atoms with Crippen LogP contribution in [0.1, 0.15) is 19.4 Å². The van der Waals surface area contributed by atoms with E-state index in [1.165, 1.54) is 0 Å². The Morgan fingerprint density at radius 2 is 1.85 bits per heavy atom. The lowest BCUT2D eigenvalue weighted by molar-refractivity contribution is 0.298. The maximum Gasteiger partial charge on any atom is 0.158 e. The van der Waals surface area contributed by atoms with Crippen LogP contribution in [0.4, 0.5) is 0 Å². The van der Waals surface area contributed by atoms with Gasteiger partial charge in [0.2, 0.25) is 0 Å². The summed E-state index contributed by atoms with van der Waals surface area (Å²) in [6.07, 6.45) is 0. The van der Waals surface area contributed by atoms with Gasteiger partial charge in [-0.2, -0.15) is 0 Å². The normalized spacial score (nSPS) is 9.08. The van der Waals surface area contributed by atoms with E-state index in [4.69, 9.17) is 4.84 Å². The van der Waals surface area contributed by atoms with E-state index < -0.39 is 0 Å². The molecule has 0 bridgehead atoms. The van der Waals surface area contributed by atoms with Crippen molar-refractivity contribution in [2.24, 2.45) is 5.16 Å². The van der Waals surface area contributed by atoms with Crippen LogP contribution in [-0.2, 0) is 4.84 Å². The zero-order chi connectivity index (χ0) is 9.68. The van der Waals surface area contributed by atoms with E-state index in [9.17, 15) is 0 Å². The van der Waals surface area contributed by atoms with Crippen molar-refractivity contribution >= 4 is 11.5 Å². The van der Waals surface area contributed by atoms with Crippen LogP contribution in [0.5, 0.6) is 0 Å². The van der Waals surface area contributed by atoms with Crippen LogP contribution in [0.2, 0.25) is 0 Å². The summed E-state index contributed by atoms with van der Waals surface area (Å²) < 4.78 is 0. The maximum absolute atomic E-state index is 5.08. The molecule has 1 aromatic rings. The van der Waals surface area contributed by atoms with Crippen molar-refractivity contribution in [1.82, 2.24) is 0 Å². The first-order valence-electron chi connectivity index (χ1n) is 4.12. The third-order valence-corrected chi connectivity index (χ3v) is 1.43. The quantitative estimate of drug-likeness (QED) is 0.393. The third-order valence-electron chi connectivity index (χ3n) is 1.43. The van der Waals surface area contributed by atoms with Crippen molar-refractivity contribution in [2.75, 3.05) is 0 Å². The average Bonchev–Trinajstić information content (AvgIpc) is 2.15. The molecule has 0 radical (unpaired) electrons. The number of nitrogens with zero attached hydrogens (tertiary/aromatic N) is 1. The Bertz CT molecular complexity index is 310. The van der Waals surface area contributed by atoms with E-state index in [1.54, 1.807) is 0 Å². The second-order valence-corrected chi connectivity index (χ2v) is 2.92. The summed E-state index contributed by atoms with van der Waals surface area (Å²) in [6, 6.07) is 9.69. The minimum absolute atomic E-state index is 0.571. The Balaban J connectivity index is 2.65. The minimum Gasteiger partial charge on any atom is -0.357 e. The lowest BCUT2D eigenvalue weighted by Gasteiger charge is -2.02. The largest absolute Gasteiger partial charge is 0.357 e. The van der Waals surface area contributed by atoms with Gasteiger partial charge in [0.1, 0.15) is 0 Å². The Morgan fingerprint density at radius 1 is 1.23 bits per heavy atom. The number of hydrogen-bond donors (Lipinski definition) is 0. The standard InChI is InChI=1S/C11H13NO/c1-9(2)12-13-10(3)11-7-5-4-6-8-11/h4-8H,3H2,1-2H3. The minimum atomic E-state index is 0.571. The van der Waals surface area contributed by atoms with Crippen molar-refractivity contribution < 1.29 is 4.84 Å². The lowest BCUT2D eigenvalue weighted by atomic mass is 10.2. The number of benzene rings is 1. The molecule has 0 saturated carbocycles. The highest BCUT2D eigenvalue weighted by molar-refractivity contribution is 5.78. The molecule has 0 N–H and O–H groups in total. The summed E-state index contributed by atoms with van der Waals surface area (Å²) in [4.78, 5) is 5.08. The summed E-state index contributed by atoms with van der Waals surface area (Å²) in [6.45, 7) is 7.51. The zero-order valence-corrected chi connectivity index (χ0v) is 7.95. The van der Waals surface area contributed by atoms with Crippen molar-refractivity contribution in [3.8, 4) is 0 Å². The molecule has 0 amide bonds. The van der Waals surface area contributed by atoms with E-state index >= 15 is 0 Å². The molecule has 1 aromatic carbocycles. The molecule has 0 spiro atoms. The molecule has 0 unspecified atom stereocenters. The molecular weight excluding hydrogens is 162 g/mol. The predicted octanol–water partition coefficient (Wildman–Crippen LogP) is 3.07. The summed E-state index contributed by atoms with van der Waals surface area (Å²) >= 11 is 0. The third kappa shape index (κ3) is 3.11. The Morgan fingerprint density at radius 3 is 2.38 bits per heavy atom. The van der Waals surface area contributed by atoms with Gasteiger partial charge in [-0.3, -0.25) is 0 Å². The van der Waals surface area contributed by atoms with Gasteiger partial charge in [0.25, 0.3) is 0 Å². The summed E-state index contributed by atoms with van der Waals surface area (Å²) in [5.41, 5.74) is 1.82. The second-order valence-electron chi connectivity index (χ2n) is 2.92. The van der Waals surface area contributed by atoms with Gasteiger partial charge in [0.15, 0.2) is 5.76 Å². The van der Waals surface area contributed by atoms with Gasteiger partial charge in [-0.1, -0.05) is 42.1 Å².